The molecule has 2 rings (SSSR count). The highest BCUT2D eigenvalue weighted by Gasteiger charge is 2.49. The molecular formula is C12H14F3N3O3S. The average Bonchev–Trinajstić information content (AvgIpc) is 2.36. The maximum atomic E-state index is 13.3. The minimum absolute atomic E-state index is 0.198. The second-order valence-electron chi connectivity index (χ2n) is 5.18. The molecule has 1 aliphatic rings. The predicted molar refractivity (Wildman–Crippen MR) is 72.4 cm³/mol. The van der Waals surface area contributed by atoms with E-state index in [0.717, 1.165) is 19.3 Å². The van der Waals surface area contributed by atoms with Crippen molar-refractivity contribution < 1.29 is 26.4 Å². The minimum Gasteiger partial charge on any atom is -0.397 e. The summed E-state index contributed by atoms with van der Waals surface area (Å²) < 4.78 is 62.0. The van der Waals surface area contributed by atoms with Crippen molar-refractivity contribution in [1.82, 2.24) is 9.88 Å². The number of nitrogens with two attached hydrogens (primary N) is 1. The van der Waals surface area contributed by atoms with Gasteiger partial charge in [-0.15, -0.1) is 0 Å². The molecule has 2 N–H and O–H groups in total. The Morgan fingerprint density at radius 1 is 1.41 bits per heavy atom. The quantitative estimate of drug-likeness (QED) is 0.879. The van der Waals surface area contributed by atoms with Crippen LogP contribution in [0.2, 0.25) is 0 Å². The molecule has 1 amide bonds. The molecule has 1 fully saturated rings. The summed E-state index contributed by atoms with van der Waals surface area (Å²) in [5.41, 5.74) is 5.21. The summed E-state index contributed by atoms with van der Waals surface area (Å²) in [7, 11) is -2.31. The Morgan fingerprint density at radius 3 is 2.41 bits per heavy atom. The van der Waals surface area contributed by atoms with Crippen LogP contribution in [0, 0.1) is 5.92 Å². The van der Waals surface area contributed by atoms with E-state index in [-0.39, 0.29) is 11.4 Å². The molecule has 0 radical (unpaired) electrons. The number of sulfone groups is 1. The van der Waals surface area contributed by atoms with Gasteiger partial charge in [-0.05, 0) is 12.1 Å². The third-order valence-corrected chi connectivity index (χ3v) is 5.21. The number of nitrogens with zero attached hydrogens (tertiary/aromatic N) is 2. The molecule has 0 saturated carbocycles. The molecule has 0 aliphatic carbocycles. The Labute approximate surface area is 125 Å². The van der Waals surface area contributed by atoms with Crippen molar-refractivity contribution in [2.45, 2.75) is 12.2 Å². The van der Waals surface area contributed by atoms with Crippen LogP contribution >= 0.6 is 0 Å². The van der Waals surface area contributed by atoms with Gasteiger partial charge in [0, 0.05) is 7.05 Å². The Hall–Kier alpha value is -1.84. The van der Waals surface area contributed by atoms with Gasteiger partial charge in [0.2, 0.25) is 5.91 Å². The van der Waals surface area contributed by atoms with Gasteiger partial charge in [-0.2, -0.15) is 13.2 Å². The number of alkyl halides is 3. The van der Waals surface area contributed by atoms with Gasteiger partial charge >= 0.3 is 6.18 Å². The smallest absolute Gasteiger partial charge is 0.397 e. The zero-order valence-corrected chi connectivity index (χ0v) is 12.4. The van der Waals surface area contributed by atoms with Crippen LogP contribution < -0.4 is 5.73 Å². The van der Waals surface area contributed by atoms with E-state index in [4.69, 9.17) is 5.73 Å². The number of aromatic nitrogens is 1. The Balaban J connectivity index is 2.26. The average molecular weight is 337 g/mol. The van der Waals surface area contributed by atoms with Gasteiger partial charge in [0.05, 0.1) is 35.0 Å². The fraction of sp³-hybridized carbons (Fsp3) is 0.500. The van der Waals surface area contributed by atoms with Crippen LogP contribution in [-0.4, -0.2) is 48.9 Å². The highest BCUT2D eigenvalue weighted by molar-refractivity contribution is 7.92. The molecule has 1 aliphatic heterocycles. The fourth-order valence-electron chi connectivity index (χ4n) is 2.29. The highest BCUT2D eigenvalue weighted by atomic mass is 32.2. The first kappa shape index (κ1) is 16.5. The lowest BCUT2D eigenvalue weighted by molar-refractivity contribution is -0.191. The van der Waals surface area contributed by atoms with Gasteiger partial charge in [0.15, 0.2) is 15.9 Å². The van der Waals surface area contributed by atoms with Gasteiger partial charge in [0.25, 0.3) is 0 Å². The van der Waals surface area contributed by atoms with Crippen LogP contribution in [0.25, 0.3) is 0 Å². The summed E-state index contributed by atoms with van der Waals surface area (Å²) in [5.74, 6) is -2.64. The SMILES string of the molecule is CN(C(=O)C1CS(=O)(=O)C1)C(c1ccc(N)cn1)C(F)(F)F. The van der Waals surface area contributed by atoms with Gasteiger partial charge in [-0.25, -0.2) is 8.42 Å². The number of halogens is 3. The summed E-state index contributed by atoms with van der Waals surface area (Å²) in [6.07, 6.45) is -3.67. The van der Waals surface area contributed by atoms with Crippen molar-refractivity contribution in [3.8, 4) is 0 Å². The van der Waals surface area contributed by atoms with Crippen LogP contribution in [0.1, 0.15) is 11.7 Å². The number of hydrogen-bond donors (Lipinski definition) is 1. The molecule has 0 spiro atoms. The second-order valence-corrected chi connectivity index (χ2v) is 7.34. The number of carbonyl (C=O) groups is 1. The zero-order valence-electron chi connectivity index (χ0n) is 11.5. The van der Waals surface area contributed by atoms with E-state index >= 15 is 0 Å². The standard InChI is InChI=1S/C12H14F3N3O3S/c1-18(11(19)7-5-22(20,21)6-7)10(12(13,14)15)9-3-2-8(16)4-17-9/h2-4,7,10H,5-6,16H2,1H3. The first-order valence-electron chi connectivity index (χ1n) is 6.26. The number of anilines is 1. The van der Waals surface area contributed by atoms with E-state index in [2.05, 4.69) is 4.98 Å². The van der Waals surface area contributed by atoms with Gasteiger partial charge in [-0.1, -0.05) is 0 Å². The Morgan fingerprint density at radius 2 is 2.00 bits per heavy atom. The number of carbonyl (C=O) groups excluding carboxylic acids is 1. The summed E-state index contributed by atoms with van der Waals surface area (Å²) >= 11 is 0. The lowest BCUT2D eigenvalue weighted by Gasteiger charge is -2.34. The lowest BCUT2D eigenvalue weighted by atomic mass is 10.1. The molecule has 2 heterocycles. The molecule has 6 nitrogen and oxygen atoms in total. The van der Waals surface area contributed by atoms with E-state index in [0.29, 0.717) is 4.90 Å². The largest absolute Gasteiger partial charge is 0.414 e. The van der Waals surface area contributed by atoms with Crippen LogP contribution in [0.3, 0.4) is 0 Å². The summed E-state index contributed by atoms with van der Waals surface area (Å²) in [4.78, 5) is 16.2. The van der Waals surface area contributed by atoms with Crippen LogP contribution in [0.15, 0.2) is 18.3 Å². The molecule has 10 heteroatoms. The van der Waals surface area contributed by atoms with E-state index in [1.807, 2.05) is 0 Å². The third kappa shape index (κ3) is 3.32. The molecule has 122 valence electrons. The molecule has 0 aromatic carbocycles. The van der Waals surface area contributed by atoms with Crippen molar-refractivity contribution >= 4 is 21.4 Å². The predicted octanol–water partition coefficient (Wildman–Crippen LogP) is 0.770. The van der Waals surface area contributed by atoms with Crippen molar-refractivity contribution in [3.05, 3.63) is 24.0 Å². The summed E-state index contributed by atoms with van der Waals surface area (Å²) in [6.45, 7) is 0. The van der Waals surface area contributed by atoms with E-state index < -0.39 is 45.4 Å². The van der Waals surface area contributed by atoms with E-state index in [9.17, 15) is 26.4 Å². The maximum Gasteiger partial charge on any atom is 0.414 e. The Kier molecular flexibility index (Phi) is 4.07. The number of pyridine rings is 1. The summed E-state index contributed by atoms with van der Waals surface area (Å²) in [6, 6.07) is 0.103. The van der Waals surface area contributed by atoms with Crippen LogP contribution in [0.5, 0.6) is 0 Å². The van der Waals surface area contributed by atoms with Crippen LogP contribution in [-0.2, 0) is 14.6 Å². The topological polar surface area (TPSA) is 93.4 Å². The van der Waals surface area contributed by atoms with Gasteiger partial charge in [0.1, 0.15) is 0 Å². The number of nitrogen functional groups attached to an aromatic ring is 1. The van der Waals surface area contributed by atoms with Gasteiger partial charge < -0.3 is 10.6 Å². The molecule has 1 atom stereocenters. The second kappa shape index (κ2) is 5.41. The number of hydrogen-bond acceptors (Lipinski definition) is 5. The number of rotatable bonds is 3. The number of amides is 1. The van der Waals surface area contributed by atoms with Crippen molar-refractivity contribution in [3.63, 3.8) is 0 Å². The molecule has 1 unspecified atom stereocenters. The first-order chi connectivity index (χ1) is 10.0. The van der Waals surface area contributed by atoms with Crippen molar-refractivity contribution in [2.75, 3.05) is 24.3 Å². The Bertz CT molecular complexity index is 661. The molecule has 22 heavy (non-hydrogen) atoms. The van der Waals surface area contributed by atoms with E-state index in [1.165, 1.54) is 6.07 Å². The summed E-state index contributed by atoms with van der Waals surface area (Å²) in [5, 5.41) is 0. The van der Waals surface area contributed by atoms with Crippen LogP contribution in [0.4, 0.5) is 18.9 Å². The monoisotopic (exact) mass is 337 g/mol. The fourth-order valence-corrected chi connectivity index (χ4v) is 3.70. The van der Waals surface area contributed by atoms with Crippen molar-refractivity contribution in [2.24, 2.45) is 5.92 Å². The maximum absolute atomic E-state index is 13.3. The lowest BCUT2D eigenvalue weighted by Crippen LogP contribution is -2.50. The normalized spacial score (nSPS) is 19.3. The van der Waals surface area contributed by atoms with Gasteiger partial charge in [-0.3, -0.25) is 9.78 Å². The zero-order chi connectivity index (χ0) is 16.7. The molecular weight excluding hydrogens is 323 g/mol. The highest BCUT2D eigenvalue weighted by Crippen LogP contribution is 2.37. The third-order valence-electron chi connectivity index (χ3n) is 3.39. The molecule has 1 saturated heterocycles. The van der Waals surface area contributed by atoms with Crippen molar-refractivity contribution in [1.29, 1.82) is 0 Å². The molecule has 0 bridgehead atoms. The van der Waals surface area contributed by atoms with E-state index in [1.54, 1.807) is 0 Å². The minimum atomic E-state index is -4.74. The molecule has 1 aromatic heterocycles. The first-order valence-corrected chi connectivity index (χ1v) is 8.08. The molecule has 1 aromatic rings.